The fraction of sp³-hybridized carbons (Fsp3) is 0.400. The molecule has 2 aliphatic rings. The van der Waals surface area contributed by atoms with E-state index >= 15 is 0 Å². The lowest BCUT2D eigenvalue weighted by molar-refractivity contribution is -0.139. The van der Waals surface area contributed by atoms with E-state index in [4.69, 9.17) is 20.8 Å². The van der Waals surface area contributed by atoms with Crippen LogP contribution in [-0.2, 0) is 22.7 Å². The molecule has 2 aliphatic heterocycles. The van der Waals surface area contributed by atoms with Crippen LogP contribution in [0.15, 0.2) is 41.2 Å². The second-order valence-electron chi connectivity index (χ2n) is 7.03. The number of hydrogen-bond donors (Lipinski definition) is 1. The molecule has 148 valence electrons. The Kier molecular flexibility index (Phi) is 5.54. The van der Waals surface area contributed by atoms with Crippen LogP contribution in [0.4, 0.5) is 0 Å². The quantitative estimate of drug-likeness (QED) is 0.845. The third kappa shape index (κ3) is 4.15. The van der Waals surface area contributed by atoms with Crippen LogP contribution in [0.5, 0.6) is 5.75 Å². The summed E-state index contributed by atoms with van der Waals surface area (Å²) in [5.74, 6) is 0.560. The average molecular weight is 404 g/mol. The van der Waals surface area contributed by atoms with E-state index in [0.717, 1.165) is 16.9 Å². The molecule has 1 N–H and O–H groups in total. The summed E-state index contributed by atoms with van der Waals surface area (Å²) in [7, 11) is 0. The highest BCUT2D eigenvalue weighted by Gasteiger charge is 2.33. The van der Waals surface area contributed by atoms with E-state index in [1.54, 1.807) is 23.5 Å². The molecule has 4 rings (SSSR count). The minimum atomic E-state index is -0.501. The van der Waals surface area contributed by atoms with E-state index in [1.807, 2.05) is 23.1 Å². The van der Waals surface area contributed by atoms with Crippen molar-refractivity contribution < 1.29 is 18.7 Å². The Morgan fingerprint density at radius 2 is 2.18 bits per heavy atom. The molecule has 2 amide bonds. The number of carbonyl (C=O) groups is 2. The third-order valence-corrected chi connectivity index (χ3v) is 5.37. The van der Waals surface area contributed by atoms with Gasteiger partial charge in [0.15, 0.2) is 0 Å². The second-order valence-corrected chi connectivity index (χ2v) is 7.47. The van der Waals surface area contributed by atoms with Crippen molar-refractivity contribution in [3.63, 3.8) is 0 Å². The molecular formula is C20H22ClN3O4. The largest absolute Gasteiger partial charge is 0.491 e. The Morgan fingerprint density at radius 3 is 3.00 bits per heavy atom. The first-order valence-corrected chi connectivity index (χ1v) is 9.70. The van der Waals surface area contributed by atoms with Crippen molar-refractivity contribution in [1.29, 1.82) is 0 Å². The molecule has 0 unspecified atom stereocenters. The van der Waals surface area contributed by atoms with E-state index in [2.05, 4.69) is 5.32 Å². The highest BCUT2D eigenvalue weighted by molar-refractivity contribution is 6.30. The highest BCUT2D eigenvalue weighted by atomic mass is 35.5. The minimum absolute atomic E-state index is 0.0735. The highest BCUT2D eigenvalue weighted by Crippen LogP contribution is 2.27. The summed E-state index contributed by atoms with van der Waals surface area (Å²) >= 11 is 6.09. The predicted molar refractivity (Wildman–Crippen MR) is 103 cm³/mol. The molecule has 0 bridgehead atoms. The second kappa shape index (κ2) is 8.24. The van der Waals surface area contributed by atoms with Gasteiger partial charge in [0.05, 0.1) is 31.5 Å². The average Bonchev–Trinajstić information content (AvgIpc) is 3.09. The Labute approximate surface area is 168 Å². The van der Waals surface area contributed by atoms with Crippen molar-refractivity contribution in [1.82, 2.24) is 15.1 Å². The fourth-order valence-electron chi connectivity index (χ4n) is 3.66. The number of nitrogens with one attached hydrogen (secondary N) is 1. The number of rotatable bonds is 4. The number of hydrogen-bond acceptors (Lipinski definition) is 5. The van der Waals surface area contributed by atoms with Gasteiger partial charge in [-0.25, -0.2) is 0 Å². The molecule has 1 aromatic carbocycles. The van der Waals surface area contributed by atoms with Crippen molar-refractivity contribution in [3.05, 3.63) is 52.9 Å². The summed E-state index contributed by atoms with van der Waals surface area (Å²) in [6, 6.07) is 6.79. The normalized spacial score (nSPS) is 20.1. The number of amides is 2. The van der Waals surface area contributed by atoms with Crippen molar-refractivity contribution in [3.8, 4) is 5.75 Å². The van der Waals surface area contributed by atoms with Gasteiger partial charge in [-0.3, -0.25) is 14.5 Å². The predicted octanol–water partition coefficient (Wildman–Crippen LogP) is 2.04. The number of ether oxygens (including phenoxy) is 1. The third-order valence-electron chi connectivity index (χ3n) is 5.13. The fourth-order valence-corrected chi connectivity index (χ4v) is 3.86. The molecule has 28 heavy (non-hydrogen) atoms. The van der Waals surface area contributed by atoms with Gasteiger partial charge in [0, 0.05) is 42.3 Å². The number of halogens is 1. The lowest BCUT2D eigenvalue weighted by Gasteiger charge is -2.35. The van der Waals surface area contributed by atoms with Crippen LogP contribution in [0.2, 0.25) is 5.02 Å². The van der Waals surface area contributed by atoms with Gasteiger partial charge in [-0.15, -0.1) is 0 Å². The van der Waals surface area contributed by atoms with Gasteiger partial charge in [0.1, 0.15) is 12.4 Å². The molecule has 0 aliphatic carbocycles. The molecule has 1 fully saturated rings. The van der Waals surface area contributed by atoms with E-state index in [0.29, 0.717) is 44.4 Å². The lowest BCUT2D eigenvalue weighted by atomic mass is 10.1. The van der Waals surface area contributed by atoms with Gasteiger partial charge >= 0.3 is 0 Å². The lowest BCUT2D eigenvalue weighted by Crippen LogP contribution is -2.56. The van der Waals surface area contributed by atoms with Gasteiger partial charge < -0.3 is 19.4 Å². The van der Waals surface area contributed by atoms with Gasteiger partial charge in [-0.05, 0) is 24.3 Å². The van der Waals surface area contributed by atoms with Crippen molar-refractivity contribution in [2.45, 2.75) is 25.6 Å². The number of fused-ring (bicyclic) bond motifs is 1. The van der Waals surface area contributed by atoms with Crippen molar-refractivity contribution >= 4 is 23.4 Å². The van der Waals surface area contributed by atoms with E-state index in [-0.39, 0.29) is 18.2 Å². The maximum absolute atomic E-state index is 13.0. The Morgan fingerprint density at radius 1 is 1.29 bits per heavy atom. The molecule has 1 aromatic heterocycles. The summed E-state index contributed by atoms with van der Waals surface area (Å²) < 4.78 is 10.9. The maximum Gasteiger partial charge on any atom is 0.237 e. The van der Waals surface area contributed by atoms with Gasteiger partial charge in [0.2, 0.25) is 11.8 Å². The summed E-state index contributed by atoms with van der Waals surface area (Å²) in [6.07, 6.45) is 3.40. The molecule has 3 heterocycles. The van der Waals surface area contributed by atoms with Crippen LogP contribution < -0.4 is 10.1 Å². The van der Waals surface area contributed by atoms with E-state index in [9.17, 15) is 9.59 Å². The zero-order valence-electron chi connectivity index (χ0n) is 15.4. The van der Waals surface area contributed by atoms with Crippen molar-refractivity contribution in [2.24, 2.45) is 0 Å². The maximum atomic E-state index is 13.0. The van der Waals surface area contributed by atoms with E-state index in [1.165, 1.54) is 0 Å². The number of piperazine rings is 1. The Hall–Kier alpha value is -2.51. The first kappa shape index (κ1) is 18.8. The zero-order valence-corrected chi connectivity index (χ0v) is 16.2. The summed E-state index contributed by atoms with van der Waals surface area (Å²) in [4.78, 5) is 29.3. The molecule has 8 heteroatoms. The van der Waals surface area contributed by atoms with Crippen LogP contribution in [0.3, 0.4) is 0 Å². The summed E-state index contributed by atoms with van der Waals surface area (Å²) in [6.45, 7) is 3.15. The molecule has 0 radical (unpaired) electrons. The number of furan rings is 1. The van der Waals surface area contributed by atoms with Gasteiger partial charge in [-0.2, -0.15) is 0 Å². The molecule has 7 nitrogen and oxygen atoms in total. The molecule has 1 saturated heterocycles. The van der Waals surface area contributed by atoms with Crippen molar-refractivity contribution in [2.75, 3.05) is 26.2 Å². The molecule has 2 aromatic rings. The Bertz CT molecular complexity index is 855. The molecule has 1 atom stereocenters. The first-order valence-electron chi connectivity index (χ1n) is 9.32. The number of carbonyl (C=O) groups excluding carboxylic acids is 2. The van der Waals surface area contributed by atoms with Gasteiger partial charge in [0.25, 0.3) is 0 Å². The zero-order chi connectivity index (χ0) is 19.5. The molecule has 0 saturated carbocycles. The molecule has 0 spiro atoms. The topological polar surface area (TPSA) is 75.0 Å². The van der Waals surface area contributed by atoms with Crippen LogP contribution in [0.25, 0.3) is 0 Å². The van der Waals surface area contributed by atoms with E-state index < -0.39 is 6.04 Å². The SMILES string of the molecule is O=C1NCCN(Cc2ccoc2)[C@H]1CC(=O)N1CCOc2ccc(Cl)cc2C1. The van der Waals surface area contributed by atoms with Crippen LogP contribution >= 0.6 is 11.6 Å². The minimum Gasteiger partial charge on any atom is -0.491 e. The smallest absolute Gasteiger partial charge is 0.237 e. The first-order chi connectivity index (χ1) is 13.6. The monoisotopic (exact) mass is 403 g/mol. The molecular weight excluding hydrogens is 382 g/mol. The Balaban J connectivity index is 1.46. The van der Waals surface area contributed by atoms with Crippen LogP contribution in [0, 0.1) is 0 Å². The number of nitrogens with zero attached hydrogens (tertiary/aromatic N) is 2. The number of benzene rings is 1. The van der Waals surface area contributed by atoms with Crippen LogP contribution in [-0.4, -0.2) is 53.9 Å². The van der Waals surface area contributed by atoms with Gasteiger partial charge in [-0.1, -0.05) is 11.6 Å². The summed E-state index contributed by atoms with van der Waals surface area (Å²) in [5.41, 5.74) is 1.86. The summed E-state index contributed by atoms with van der Waals surface area (Å²) in [5, 5.41) is 3.47. The standard InChI is InChI=1S/C20H22ClN3O4/c21-16-1-2-18-15(9-16)12-24(6-8-28-18)19(25)10-17-20(26)22-4-5-23(17)11-14-3-7-27-13-14/h1-3,7,9,13,17H,4-6,8,10-12H2,(H,22,26)/t17-/m0/s1. The van der Waals surface area contributed by atoms with Crippen LogP contribution in [0.1, 0.15) is 17.5 Å².